The first-order valence-electron chi connectivity index (χ1n) is 28.4. The van der Waals surface area contributed by atoms with Crippen LogP contribution in [0.1, 0.15) is 225 Å². The smallest absolute Gasteiger partial charge is 0.338 e. The van der Waals surface area contributed by atoms with Crippen LogP contribution in [0.2, 0.25) is 0 Å². The third-order valence-electron chi connectivity index (χ3n) is 13.9. The van der Waals surface area contributed by atoms with E-state index in [-0.39, 0.29) is 30.1 Å². The Morgan fingerprint density at radius 1 is 0.521 bits per heavy atom. The summed E-state index contributed by atoms with van der Waals surface area (Å²) in [6.07, 6.45) is 22.9. The first-order chi connectivity index (χ1) is 35.7. The number of amides is 1. The fourth-order valence-corrected chi connectivity index (χ4v) is 9.48. The minimum atomic E-state index is -1.63. The molecule has 12 heteroatoms. The molecule has 0 saturated carbocycles. The number of carbonyl (C=O) groups excluding carboxylic acids is 4. The summed E-state index contributed by atoms with van der Waals surface area (Å²) >= 11 is 0. The van der Waals surface area contributed by atoms with Gasteiger partial charge in [0, 0.05) is 6.42 Å². The van der Waals surface area contributed by atoms with Crippen molar-refractivity contribution in [3.63, 3.8) is 0 Å². The molecule has 406 valence electrons. The quantitative estimate of drug-likeness (QED) is 0.0282. The van der Waals surface area contributed by atoms with E-state index >= 15 is 0 Å². The predicted molar refractivity (Wildman–Crippen MR) is 287 cm³/mol. The van der Waals surface area contributed by atoms with E-state index in [2.05, 4.69) is 19.2 Å². The number of esters is 3. The van der Waals surface area contributed by atoms with E-state index in [1.54, 1.807) is 84.9 Å². The van der Waals surface area contributed by atoms with E-state index < -0.39 is 67.4 Å². The Hall–Kier alpha value is -4.62. The van der Waals surface area contributed by atoms with E-state index in [9.17, 15) is 29.4 Å². The van der Waals surface area contributed by atoms with E-state index in [1.807, 2.05) is 6.07 Å². The minimum absolute atomic E-state index is 0.190. The fraction of sp³-hybridized carbons (Fsp3) is 0.639. The summed E-state index contributed by atoms with van der Waals surface area (Å²) < 4.78 is 30.8. The number of hydrogen-bond donors (Lipinski definition) is 3. The first kappa shape index (κ1) is 60.9. The monoisotopic (exact) mass is 1010 g/mol. The van der Waals surface area contributed by atoms with Gasteiger partial charge in [0.05, 0.1) is 35.9 Å². The molecule has 12 nitrogen and oxygen atoms in total. The molecule has 7 atom stereocenters. The largest absolute Gasteiger partial charge is 0.456 e. The van der Waals surface area contributed by atoms with Gasteiger partial charge in [-0.3, -0.25) is 4.79 Å². The summed E-state index contributed by atoms with van der Waals surface area (Å²) in [6, 6.07) is 24.2. The molecule has 3 aromatic rings. The number of rotatable bonds is 40. The Labute approximate surface area is 438 Å². The van der Waals surface area contributed by atoms with Crippen LogP contribution in [-0.2, 0) is 28.5 Å². The van der Waals surface area contributed by atoms with E-state index in [4.69, 9.17) is 23.7 Å². The van der Waals surface area contributed by atoms with Crippen molar-refractivity contribution in [3.05, 3.63) is 108 Å². The van der Waals surface area contributed by atoms with Crippen LogP contribution < -0.4 is 5.32 Å². The van der Waals surface area contributed by atoms with Gasteiger partial charge < -0.3 is 39.2 Å². The topological polar surface area (TPSA) is 167 Å². The average Bonchev–Trinajstić information content (AvgIpc) is 3.41. The van der Waals surface area contributed by atoms with Gasteiger partial charge in [0.25, 0.3) is 0 Å². The van der Waals surface area contributed by atoms with Crippen LogP contribution in [-0.4, -0.2) is 90.1 Å². The van der Waals surface area contributed by atoms with Crippen LogP contribution >= 0.6 is 0 Å². The molecule has 1 fully saturated rings. The molecule has 0 radical (unpaired) electrons. The standard InChI is InChI=1S/C61H91NO11/c1-3-5-7-9-11-13-15-17-19-21-23-25-36-44-52(70-58(66)48-38-30-27-31-39-48)51(62-54(64)45-37-26-24-22-20-18-16-14-12-10-8-6-4-2)47-69-61-57(73-60(68)50-42-34-29-35-43-50)56(55(65)53(46-63)71-61)72-59(67)49-40-32-28-33-41-49/h27-35,38-43,51-53,55-57,61,63,65H,3-26,36-37,44-47H2,1-2H3,(H,62,64)/t51-,52+,53+,55-,56-,57+,61-/m0/s1. The molecule has 0 aliphatic carbocycles. The summed E-state index contributed by atoms with van der Waals surface area (Å²) in [5, 5.41) is 25.1. The zero-order chi connectivity index (χ0) is 52.1. The van der Waals surface area contributed by atoms with Crippen LogP contribution in [0, 0.1) is 0 Å². The van der Waals surface area contributed by atoms with E-state index in [0.29, 0.717) is 18.4 Å². The van der Waals surface area contributed by atoms with Crippen molar-refractivity contribution in [3.8, 4) is 0 Å². The lowest BCUT2D eigenvalue weighted by atomic mass is 9.98. The van der Waals surface area contributed by atoms with Crippen molar-refractivity contribution in [1.29, 1.82) is 0 Å². The lowest BCUT2D eigenvalue weighted by Crippen LogP contribution is -2.62. The average molecular weight is 1010 g/mol. The highest BCUT2D eigenvalue weighted by Crippen LogP contribution is 2.30. The van der Waals surface area contributed by atoms with Crippen molar-refractivity contribution in [1.82, 2.24) is 5.32 Å². The molecule has 3 aromatic carbocycles. The summed E-state index contributed by atoms with van der Waals surface area (Å²) in [6.45, 7) is 3.52. The maximum Gasteiger partial charge on any atom is 0.338 e. The lowest BCUT2D eigenvalue weighted by Gasteiger charge is -2.43. The van der Waals surface area contributed by atoms with Crippen molar-refractivity contribution in [2.75, 3.05) is 13.2 Å². The second-order valence-electron chi connectivity index (χ2n) is 20.0. The Kier molecular flexibility index (Phi) is 31.7. The maximum atomic E-state index is 13.9. The number of carbonyl (C=O) groups is 4. The van der Waals surface area contributed by atoms with Gasteiger partial charge in [-0.1, -0.05) is 223 Å². The van der Waals surface area contributed by atoms with E-state index in [0.717, 1.165) is 44.9 Å². The molecule has 1 amide bonds. The molecular weight excluding hydrogens is 923 g/mol. The van der Waals surface area contributed by atoms with Gasteiger partial charge in [0.1, 0.15) is 18.3 Å². The zero-order valence-corrected chi connectivity index (χ0v) is 44.5. The van der Waals surface area contributed by atoms with Crippen molar-refractivity contribution >= 4 is 23.8 Å². The SMILES string of the molecule is CCCCCCCCCCCCCCCC(=O)N[C@@H](CO[C@H]1O[C@H](CO)[C@H](O)[C@H](OC(=O)c2ccccc2)[C@H]1OC(=O)c1ccccc1)[C@@H](CCCCCCCCCCCCCCC)OC(=O)c1ccccc1. The Balaban J connectivity index is 1.50. The predicted octanol–water partition coefficient (Wildman–Crippen LogP) is 13.2. The highest BCUT2D eigenvalue weighted by atomic mass is 16.7. The number of unbranched alkanes of at least 4 members (excludes halogenated alkanes) is 24. The van der Waals surface area contributed by atoms with Gasteiger partial charge in [-0.2, -0.15) is 0 Å². The van der Waals surface area contributed by atoms with Crippen LogP contribution in [0.5, 0.6) is 0 Å². The van der Waals surface area contributed by atoms with Gasteiger partial charge in [-0.05, 0) is 55.7 Å². The highest BCUT2D eigenvalue weighted by molar-refractivity contribution is 5.91. The van der Waals surface area contributed by atoms with Gasteiger partial charge >= 0.3 is 17.9 Å². The van der Waals surface area contributed by atoms with Gasteiger partial charge in [0.15, 0.2) is 18.5 Å². The summed E-state index contributed by atoms with van der Waals surface area (Å²) in [5.41, 5.74) is 0.745. The molecular formula is C61H91NO11. The molecule has 0 bridgehead atoms. The molecule has 1 saturated heterocycles. The number of hydrogen-bond acceptors (Lipinski definition) is 11. The molecule has 0 unspecified atom stereocenters. The van der Waals surface area contributed by atoms with E-state index in [1.165, 1.54) is 116 Å². The molecule has 3 N–H and O–H groups in total. The first-order valence-corrected chi connectivity index (χ1v) is 28.4. The number of aliphatic hydroxyl groups is 2. The van der Waals surface area contributed by atoms with Gasteiger partial charge in [-0.15, -0.1) is 0 Å². The Morgan fingerprint density at radius 2 is 0.904 bits per heavy atom. The molecule has 1 heterocycles. The third kappa shape index (κ3) is 24.5. The second kappa shape index (κ2) is 38.0. The number of nitrogens with one attached hydrogen (secondary N) is 1. The normalized spacial score (nSPS) is 18.4. The van der Waals surface area contributed by atoms with Gasteiger partial charge in [-0.25, -0.2) is 14.4 Å². The van der Waals surface area contributed by atoms with Crippen LogP contribution in [0.3, 0.4) is 0 Å². The number of benzene rings is 3. The summed E-state index contributed by atoms with van der Waals surface area (Å²) in [4.78, 5) is 55.0. The minimum Gasteiger partial charge on any atom is -0.456 e. The molecule has 4 rings (SSSR count). The zero-order valence-electron chi connectivity index (χ0n) is 44.5. The van der Waals surface area contributed by atoms with Crippen molar-refractivity contribution < 1.29 is 53.1 Å². The van der Waals surface area contributed by atoms with Gasteiger partial charge in [0.2, 0.25) is 5.91 Å². The highest BCUT2D eigenvalue weighted by Gasteiger charge is 2.51. The van der Waals surface area contributed by atoms with Crippen molar-refractivity contribution in [2.45, 2.75) is 236 Å². The second-order valence-corrected chi connectivity index (χ2v) is 20.0. The number of aliphatic hydroxyl groups excluding tert-OH is 2. The molecule has 0 aromatic heterocycles. The Bertz CT molecular complexity index is 1900. The van der Waals surface area contributed by atoms with Crippen LogP contribution in [0.25, 0.3) is 0 Å². The maximum absolute atomic E-state index is 13.9. The molecule has 1 aliphatic rings. The molecule has 73 heavy (non-hydrogen) atoms. The molecule has 1 aliphatic heterocycles. The third-order valence-corrected chi connectivity index (χ3v) is 13.9. The lowest BCUT2D eigenvalue weighted by molar-refractivity contribution is -0.301. The summed E-state index contributed by atoms with van der Waals surface area (Å²) in [7, 11) is 0. The fourth-order valence-electron chi connectivity index (χ4n) is 9.48. The van der Waals surface area contributed by atoms with Crippen molar-refractivity contribution in [2.24, 2.45) is 0 Å². The number of ether oxygens (including phenoxy) is 5. The molecule has 0 spiro atoms. The van der Waals surface area contributed by atoms with Crippen LogP contribution in [0.4, 0.5) is 0 Å². The Morgan fingerprint density at radius 3 is 1.33 bits per heavy atom. The van der Waals surface area contributed by atoms with Crippen LogP contribution in [0.15, 0.2) is 91.0 Å². The summed E-state index contributed by atoms with van der Waals surface area (Å²) in [5.74, 6) is -2.36.